The lowest BCUT2D eigenvalue weighted by Gasteiger charge is -2.22. The molecule has 3 nitrogen and oxygen atoms in total. The Balaban J connectivity index is 2.83. The van der Waals surface area contributed by atoms with Crippen LogP contribution in [0.1, 0.15) is 70.9 Å². The molecule has 0 aliphatic heterocycles. The average Bonchev–Trinajstić information content (AvgIpc) is 2.52. The highest BCUT2D eigenvalue weighted by Crippen LogP contribution is 2.25. The van der Waals surface area contributed by atoms with Crippen LogP contribution in [0.15, 0.2) is 29.9 Å². The molecule has 0 atom stereocenters. The molecule has 1 aromatic carbocycles. The topological polar surface area (TPSA) is 33.6 Å². The Kier molecular flexibility index (Phi) is 8.03. The van der Waals surface area contributed by atoms with Crippen LogP contribution in [-0.4, -0.2) is 12.8 Å². The van der Waals surface area contributed by atoms with Crippen molar-refractivity contribution in [2.24, 2.45) is 10.5 Å². The molecule has 0 aromatic heterocycles. The molecule has 0 radical (unpaired) electrons. The van der Waals surface area contributed by atoms with Crippen LogP contribution in [0.25, 0.3) is 5.70 Å². The minimum Gasteiger partial charge on any atom is -0.496 e. The zero-order valence-corrected chi connectivity index (χ0v) is 16.3. The summed E-state index contributed by atoms with van der Waals surface area (Å²) in [5, 5.41) is 4.69. The van der Waals surface area contributed by atoms with Gasteiger partial charge >= 0.3 is 0 Å². The van der Waals surface area contributed by atoms with Crippen molar-refractivity contribution in [3.8, 4) is 5.75 Å². The van der Waals surface area contributed by atoms with Gasteiger partial charge in [-0.3, -0.25) is 5.43 Å². The molecule has 0 saturated heterocycles. The van der Waals surface area contributed by atoms with Gasteiger partial charge in [0.2, 0.25) is 0 Å². The molecule has 0 unspecified atom stereocenters. The van der Waals surface area contributed by atoms with Gasteiger partial charge in [0.15, 0.2) is 0 Å². The molecular weight excluding hydrogens is 296 g/mol. The predicted molar refractivity (Wildman–Crippen MR) is 106 cm³/mol. The van der Waals surface area contributed by atoms with Gasteiger partial charge in [-0.2, -0.15) is 5.10 Å². The molecule has 0 fully saturated rings. The Morgan fingerprint density at radius 2 is 1.92 bits per heavy atom. The number of hydrogen-bond donors (Lipinski definition) is 1. The van der Waals surface area contributed by atoms with Crippen molar-refractivity contribution in [1.29, 1.82) is 0 Å². The first-order valence-electron chi connectivity index (χ1n) is 8.97. The molecule has 0 amide bonds. The molecule has 0 aliphatic rings. The zero-order valence-electron chi connectivity index (χ0n) is 16.3. The minimum atomic E-state index is 0.0584. The van der Waals surface area contributed by atoms with E-state index in [-0.39, 0.29) is 5.41 Å². The molecule has 24 heavy (non-hydrogen) atoms. The first-order chi connectivity index (χ1) is 11.3. The number of nitrogens with one attached hydrogen (secondary N) is 1. The van der Waals surface area contributed by atoms with Crippen molar-refractivity contribution in [2.75, 3.05) is 7.11 Å². The summed E-state index contributed by atoms with van der Waals surface area (Å²) in [6.07, 6.45) is 6.03. The van der Waals surface area contributed by atoms with Gasteiger partial charge in [-0.25, -0.2) is 0 Å². The van der Waals surface area contributed by atoms with E-state index in [0.717, 1.165) is 29.0 Å². The lowest BCUT2D eigenvalue weighted by atomic mass is 9.87. The molecule has 1 N–H and O–H groups in total. The molecule has 3 heteroatoms. The van der Waals surface area contributed by atoms with Crippen molar-refractivity contribution in [3.05, 3.63) is 35.9 Å². The summed E-state index contributed by atoms with van der Waals surface area (Å²) in [6, 6.07) is 5.98. The van der Waals surface area contributed by atoms with Crippen LogP contribution >= 0.6 is 0 Å². The summed E-state index contributed by atoms with van der Waals surface area (Å²) in [6.45, 7) is 15.1. The van der Waals surface area contributed by atoms with Crippen molar-refractivity contribution < 1.29 is 4.74 Å². The number of benzene rings is 1. The molecule has 0 saturated carbocycles. The average molecular weight is 331 g/mol. The Morgan fingerprint density at radius 3 is 2.50 bits per heavy atom. The zero-order chi connectivity index (χ0) is 18.2. The van der Waals surface area contributed by atoms with Crippen molar-refractivity contribution in [1.82, 2.24) is 5.43 Å². The van der Waals surface area contributed by atoms with Crippen LogP contribution in [0.3, 0.4) is 0 Å². The van der Waals surface area contributed by atoms with E-state index < -0.39 is 0 Å². The molecule has 0 heterocycles. The summed E-state index contributed by atoms with van der Waals surface area (Å²) in [5.74, 6) is 0.870. The van der Waals surface area contributed by atoms with E-state index in [1.54, 1.807) is 7.11 Å². The van der Waals surface area contributed by atoms with Crippen LogP contribution in [0, 0.1) is 12.3 Å². The Hall–Kier alpha value is -1.77. The van der Waals surface area contributed by atoms with Crippen molar-refractivity contribution in [2.45, 2.75) is 66.7 Å². The molecule has 1 rings (SSSR count). The number of hydrazone groups is 1. The number of hydrogen-bond acceptors (Lipinski definition) is 3. The maximum atomic E-state index is 5.39. The number of nitrogens with zero attached hydrogens (tertiary/aromatic N) is 1. The van der Waals surface area contributed by atoms with Crippen LogP contribution in [0.2, 0.25) is 0 Å². The normalized spacial score (nSPS) is 12.2. The number of ether oxygens (including phenoxy) is 1. The molecule has 1 aromatic rings. The van der Waals surface area contributed by atoms with Crippen LogP contribution in [0.5, 0.6) is 5.75 Å². The Morgan fingerprint density at radius 1 is 1.21 bits per heavy atom. The smallest absolute Gasteiger partial charge is 0.122 e. The van der Waals surface area contributed by atoms with Gasteiger partial charge in [-0.15, -0.1) is 0 Å². The van der Waals surface area contributed by atoms with Gasteiger partial charge in [0.05, 0.1) is 12.8 Å². The quantitative estimate of drug-likeness (QED) is 0.345. The van der Waals surface area contributed by atoms with E-state index in [1.165, 1.54) is 31.4 Å². The van der Waals surface area contributed by atoms with E-state index in [4.69, 9.17) is 9.84 Å². The first kappa shape index (κ1) is 20.3. The third-order valence-electron chi connectivity index (χ3n) is 4.29. The predicted octanol–water partition coefficient (Wildman–Crippen LogP) is 5.94. The van der Waals surface area contributed by atoms with Crippen LogP contribution in [0.4, 0.5) is 0 Å². The Bertz CT molecular complexity index is 568. The molecule has 0 spiro atoms. The van der Waals surface area contributed by atoms with Gasteiger partial charge in [0.1, 0.15) is 5.75 Å². The highest BCUT2D eigenvalue weighted by molar-refractivity contribution is 5.89. The summed E-state index contributed by atoms with van der Waals surface area (Å²) >= 11 is 0. The summed E-state index contributed by atoms with van der Waals surface area (Å²) in [5.41, 5.74) is 7.35. The summed E-state index contributed by atoms with van der Waals surface area (Å²) in [7, 11) is 1.69. The molecular formula is C21H34N2O. The molecule has 0 aliphatic carbocycles. The fourth-order valence-corrected chi connectivity index (χ4v) is 2.68. The maximum absolute atomic E-state index is 5.39. The van der Waals surface area contributed by atoms with E-state index >= 15 is 0 Å². The number of unbranched alkanes of at least 4 members (excludes halogenated alkanes) is 3. The van der Waals surface area contributed by atoms with E-state index in [9.17, 15) is 0 Å². The second kappa shape index (κ2) is 9.51. The van der Waals surface area contributed by atoms with Crippen molar-refractivity contribution in [3.63, 3.8) is 0 Å². The fraction of sp³-hybridized carbons (Fsp3) is 0.571. The molecule has 134 valence electrons. The number of methoxy groups -OCH3 is 1. The lowest BCUT2D eigenvalue weighted by Crippen LogP contribution is -2.23. The summed E-state index contributed by atoms with van der Waals surface area (Å²) < 4.78 is 5.39. The van der Waals surface area contributed by atoms with Gasteiger partial charge in [0, 0.05) is 22.3 Å². The van der Waals surface area contributed by atoms with Gasteiger partial charge in [-0.05, 0) is 25.8 Å². The SMILES string of the molecule is C=C(N/N=C(/CCCCCC)C(C)(C)C)c1cccc(OC)c1C. The lowest BCUT2D eigenvalue weighted by molar-refractivity contribution is 0.411. The van der Waals surface area contributed by atoms with E-state index in [2.05, 4.69) is 39.7 Å². The monoisotopic (exact) mass is 330 g/mol. The fourth-order valence-electron chi connectivity index (χ4n) is 2.68. The van der Waals surface area contributed by atoms with E-state index in [1.807, 2.05) is 25.1 Å². The molecule has 0 bridgehead atoms. The number of rotatable bonds is 9. The van der Waals surface area contributed by atoms with Gasteiger partial charge in [-0.1, -0.05) is 65.7 Å². The van der Waals surface area contributed by atoms with Gasteiger partial charge < -0.3 is 4.74 Å². The van der Waals surface area contributed by atoms with E-state index in [0.29, 0.717) is 0 Å². The van der Waals surface area contributed by atoms with Crippen LogP contribution < -0.4 is 10.2 Å². The largest absolute Gasteiger partial charge is 0.496 e. The highest BCUT2D eigenvalue weighted by Gasteiger charge is 2.19. The third kappa shape index (κ3) is 6.03. The summed E-state index contributed by atoms with van der Waals surface area (Å²) in [4.78, 5) is 0. The third-order valence-corrected chi connectivity index (χ3v) is 4.29. The highest BCUT2D eigenvalue weighted by atomic mass is 16.5. The van der Waals surface area contributed by atoms with Crippen LogP contribution in [-0.2, 0) is 0 Å². The Labute approximate surface area is 148 Å². The van der Waals surface area contributed by atoms with Crippen molar-refractivity contribution >= 4 is 11.4 Å². The maximum Gasteiger partial charge on any atom is 0.122 e. The standard InChI is InChI=1S/C21H34N2O/c1-8-9-10-11-15-20(21(4,5)6)23-22-17(3)18-13-12-14-19(24-7)16(18)2/h12-14,22H,3,8-11,15H2,1-2,4-7H3/b23-20-. The van der Waals surface area contributed by atoms with Gasteiger partial charge in [0.25, 0.3) is 0 Å². The second-order valence-electron chi connectivity index (χ2n) is 7.34. The minimum absolute atomic E-state index is 0.0584. The second-order valence-corrected chi connectivity index (χ2v) is 7.34. The first-order valence-corrected chi connectivity index (χ1v) is 8.97.